The number of anilines is 1. The van der Waals surface area contributed by atoms with Gasteiger partial charge in [0.25, 0.3) is 0 Å². The summed E-state index contributed by atoms with van der Waals surface area (Å²) < 4.78 is 0. The SMILES string of the molecule is Cc1ccc(C(N)=S)c(N(CCO)C2CCC2)c1. The second-order valence-corrected chi connectivity index (χ2v) is 5.33. The molecule has 0 radical (unpaired) electrons. The monoisotopic (exact) mass is 264 g/mol. The summed E-state index contributed by atoms with van der Waals surface area (Å²) in [5.41, 5.74) is 8.97. The molecule has 0 heterocycles. The van der Waals surface area contributed by atoms with Gasteiger partial charge < -0.3 is 15.7 Å². The van der Waals surface area contributed by atoms with Crippen molar-refractivity contribution in [2.24, 2.45) is 5.73 Å². The molecule has 98 valence electrons. The van der Waals surface area contributed by atoms with Crippen LogP contribution in [0, 0.1) is 6.92 Å². The summed E-state index contributed by atoms with van der Waals surface area (Å²) in [6.07, 6.45) is 3.64. The van der Waals surface area contributed by atoms with Gasteiger partial charge in [-0.15, -0.1) is 0 Å². The van der Waals surface area contributed by atoms with Crippen molar-refractivity contribution >= 4 is 22.9 Å². The van der Waals surface area contributed by atoms with Gasteiger partial charge in [0.1, 0.15) is 4.99 Å². The summed E-state index contributed by atoms with van der Waals surface area (Å²) in [5, 5.41) is 9.26. The molecule has 1 aliphatic rings. The molecule has 2 rings (SSSR count). The lowest BCUT2D eigenvalue weighted by Gasteiger charge is -2.40. The van der Waals surface area contributed by atoms with E-state index in [1.165, 1.54) is 24.8 Å². The van der Waals surface area contributed by atoms with Gasteiger partial charge in [-0.25, -0.2) is 0 Å². The second-order valence-electron chi connectivity index (χ2n) is 4.89. The van der Waals surface area contributed by atoms with E-state index in [9.17, 15) is 5.11 Å². The van der Waals surface area contributed by atoms with Gasteiger partial charge in [0.2, 0.25) is 0 Å². The van der Waals surface area contributed by atoms with Crippen LogP contribution >= 0.6 is 12.2 Å². The van der Waals surface area contributed by atoms with Crippen LogP contribution in [0.15, 0.2) is 18.2 Å². The van der Waals surface area contributed by atoms with Crippen molar-refractivity contribution < 1.29 is 5.11 Å². The van der Waals surface area contributed by atoms with Crippen molar-refractivity contribution in [3.8, 4) is 0 Å². The summed E-state index contributed by atoms with van der Waals surface area (Å²) in [6.45, 7) is 2.86. The van der Waals surface area contributed by atoms with E-state index >= 15 is 0 Å². The van der Waals surface area contributed by atoms with Gasteiger partial charge in [-0.1, -0.05) is 18.3 Å². The van der Waals surface area contributed by atoms with Gasteiger partial charge in [-0.3, -0.25) is 0 Å². The molecule has 0 atom stereocenters. The Labute approximate surface area is 114 Å². The highest BCUT2D eigenvalue weighted by atomic mass is 32.1. The van der Waals surface area contributed by atoms with Gasteiger partial charge in [-0.2, -0.15) is 0 Å². The van der Waals surface area contributed by atoms with E-state index < -0.39 is 0 Å². The Kier molecular flexibility index (Phi) is 4.19. The Balaban J connectivity index is 2.37. The van der Waals surface area contributed by atoms with Crippen LogP contribution in [-0.4, -0.2) is 29.3 Å². The number of aryl methyl sites for hydroxylation is 1. The normalized spacial score (nSPS) is 15.2. The van der Waals surface area contributed by atoms with Gasteiger partial charge in [-0.05, 0) is 43.9 Å². The molecule has 3 nitrogen and oxygen atoms in total. The fourth-order valence-electron chi connectivity index (χ4n) is 2.39. The molecule has 0 saturated heterocycles. The molecule has 18 heavy (non-hydrogen) atoms. The number of thiocarbonyl (C=S) groups is 1. The highest BCUT2D eigenvalue weighted by Crippen LogP contribution is 2.32. The van der Waals surface area contributed by atoms with Crippen LogP contribution in [0.3, 0.4) is 0 Å². The summed E-state index contributed by atoms with van der Waals surface area (Å²) in [5.74, 6) is 0. The fourth-order valence-corrected chi connectivity index (χ4v) is 2.57. The molecule has 0 spiro atoms. The average Bonchev–Trinajstić information content (AvgIpc) is 2.25. The fraction of sp³-hybridized carbons (Fsp3) is 0.500. The van der Waals surface area contributed by atoms with Crippen LogP contribution in [-0.2, 0) is 0 Å². The van der Waals surface area contributed by atoms with Gasteiger partial charge >= 0.3 is 0 Å². The first kappa shape index (κ1) is 13.3. The van der Waals surface area contributed by atoms with E-state index in [2.05, 4.69) is 17.9 Å². The van der Waals surface area contributed by atoms with E-state index in [-0.39, 0.29) is 6.61 Å². The van der Waals surface area contributed by atoms with Crippen LogP contribution < -0.4 is 10.6 Å². The van der Waals surface area contributed by atoms with Crippen molar-refractivity contribution in [3.63, 3.8) is 0 Å². The van der Waals surface area contributed by atoms with Crippen molar-refractivity contribution in [1.29, 1.82) is 0 Å². The third kappa shape index (κ3) is 2.65. The molecule has 0 unspecified atom stereocenters. The zero-order valence-electron chi connectivity index (χ0n) is 10.7. The molecule has 1 aliphatic carbocycles. The maximum Gasteiger partial charge on any atom is 0.106 e. The third-order valence-electron chi connectivity index (χ3n) is 3.58. The minimum atomic E-state index is 0.154. The highest BCUT2D eigenvalue weighted by molar-refractivity contribution is 7.80. The quantitative estimate of drug-likeness (QED) is 0.799. The van der Waals surface area contributed by atoms with Crippen LogP contribution in [0.25, 0.3) is 0 Å². The lowest BCUT2D eigenvalue weighted by molar-refractivity contribution is 0.283. The average molecular weight is 264 g/mol. The largest absolute Gasteiger partial charge is 0.395 e. The number of aliphatic hydroxyl groups excluding tert-OH is 1. The molecule has 4 heteroatoms. The van der Waals surface area contributed by atoms with E-state index in [1.807, 2.05) is 12.1 Å². The number of hydrogen-bond donors (Lipinski definition) is 2. The molecule has 3 N–H and O–H groups in total. The predicted molar refractivity (Wildman–Crippen MR) is 79.1 cm³/mol. The molecule has 0 aliphatic heterocycles. The molecule has 1 aromatic carbocycles. The van der Waals surface area contributed by atoms with Crippen LogP contribution in [0.4, 0.5) is 5.69 Å². The van der Waals surface area contributed by atoms with Gasteiger partial charge in [0, 0.05) is 23.8 Å². The van der Waals surface area contributed by atoms with E-state index in [4.69, 9.17) is 18.0 Å². The number of benzene rings is 1. The number of nitrogens with two attached hydrogens (primary N) is 1. The van der Waals surface area contributed by atoms with Crippen LogP contribution in [0.2, 0.25) is 0 Å². The summed E-state index contributed by atoms with van der Waals surface area (Å²) in [6, 6.07) is 6.64. The first-order chi connectivity index (χ1) is 8.63. The molecule has 0 amide bonds. The lowest BCUT2D eigenvalue weighted by Crippen LogP contribution is -2.42. The molecule has 1 aromatic rings. The highest BCUT2D eigenvalue weighted by Gasteiger charge is 2.26. The molecule has 0 aromatic heterocycles. The molecular formula is C14H20N2OS. The number of rotatable bonds is 5. The number of hydrogen-bond acceptors (Lipinski definition) is 3. The molecular weight excluding hydrogens is 244 g/mol. The topological polar surface area (TPSA) is 49.5 Å². The minimum absolute atomic E-state index is 0.154. The molecule has 0 bridgehead atoms. The van der Waals surface area contributed by atoms with Crippen LogP contribution in [0.5, 0.6) is 0 Å². The van der Waals surface area contributed by atoms with E-state index in [0.29, 0.717) is 17.6 Å². The molecule has 1 saturated carbocycles. The maximum atomic E-state index is 9.26. The predicted octanol–water partition coefficient (Wildman–Crippen LogP) is 1.98. The minimum Gasteiger partial charge on any atom is -0.395 e. The van der Waals surface area contributed by atoms with E-state index in [0.717, 1.165) is 11.3 Å². The van der Waals surface area contributed by atoms with Crippen molar-refractivity contribution in [2.75, 3.05) is 18.1 Å². The maximum absolute atomic E-state index is 9.26. The van der Waals surface area contributed by atoms with Crippen molar-refractivity contribution in [1.82, 2.24) is 0 Å². The lowest BCUT2D eigenvalue weighted by atomic mass is 9.90. The molecule has 1 fully saturated rings. The summed E-state index contributed by atoms with van der Waals surface area (Å²) in [4.78, 5) is 2.68. The number of nitrogens with zero attached hydrogens (tertiary/aromatic N) is 1. The Morgan fingerprint density at radius 3 is 2.72 bits per heavy atom. The Bertz CT molecular complexity index is 443. The zero-order valence-corrected chi connectivity index (χ0v) is 11.5. The van der Waals surface area contributed by atoms with Crippen molar-refractivity contribution in [2.45, 2.75) is 32.2 Å². The van der Waals surface area contributed by atoms with Crippen LogP contribution in [0.1, 0.15) is 30.4 Å². The first-order valence-corrected chi connectivity index (χ1v) is 6.82. The Hall–Kier alpha value is -1.13. The second kappa shape index (κ2) is 5.67. The standard InChI is InChI=1S/C14H20N2OS/c1-10-5-6-12(14(15)18)13(9-10)16(7-8-17)11-3-2-4-11/h5-6,9,11,17H,2-4,7-8H2,1H3,(H2,15,18). The van der Waals surface area contributed by atoms with E-state index in [1.54, 1.807) is 0 Å². The van der Waals surface area contributed by atoms with Gasteiger partial charge in [0.05, 0.1) is 6.61 Å². The number of aliphatic hydroxyl groups is 1. The summed E-state index contributed by atoms with van der Waals surface area (Å²) in [7, 11) is 0. The van der Waals surface area contributed by atoms with Crippen molar-refractivity contribution in [3.05, 3.63) is 29.3 Å². The Morgan fingerprint density at radius 1 is 1.50 bits per heavy atom. The first-order valence-electron chi connectivity index (χ1n) is 6.41. The zero-order chi connectivity index (χ0) is 13.1. The smallest absolute Gasteiger partial charge is 0.106 e. The Morgan fingerprint density at radius 2 is 2.22 bits per heavy atom. The van der Waals surface area contributed by atoms with Gasteiger partial charge in [0.15, 0.2) is 0 Å². The third-order valence-corrected chi connectivity index (χ3v) is 3.80. The summed E-state index contributed by atoms with van der Waals surface area (Å²) >= 11 is 5.13.